The van der Waals surface area contributed by atoms with Crippen LogP contribution in [0.2, 0.25) is 0 Å². The Balaban J connectivity index is 1.80. The number of hydrogen-bond acceptors (Lipinski definition) is 2. The van der Waals surface area contributed by atoms with Crippen LogP contribution >= 0.6 is 0 Å². The highest BCUT2D eigenvalue weighted by molar-refractivity contribution is 6.03. The van der Waals surface area contributed by atoms with Crippen LogP contribution in [0.5, 0.6) is 0 Å². The van der Waals surface area contributed by atoms with Crippen LogP contribution in [0.15, 0.2) is 17.1 Å². The molecule has 0 N–H and O–H groups in total. The summed E-state index contributed by atoms with van der Waals surface area (Å²) >= 11 is 0. The smallest absolute Gasteiger partial charge is 0.234 e. The summed E-state index contributed by atoms with van der Waals surface area (Å²) in [4.78, 5) is 19.3. The monoisotopic (exact) mass is 216 g/mol. The fourth-order valence-corrected chi connectivity index (χ4v) is 3.95. The fourth-order valence-electron chi connectivity index (χ4n) is 3.95. The van der Waals surface area contributed by atoms with Gasteiger partial charge in [0, 0.05) is 18.4 Å². The van der Waals surface area contributed by atoms with Gasteiger partial charge in [0.2, 0.25) is 5.91 Å². The third-order valence-electron chi connectivity index (χ3n) is 4.74. The Labute approximate surface area is 95.2 Å². The van der Waals surface area contributed by atoms with Gasteiger partial charge in [-0.15, -0.1) is 0 Å². The molecule has 16 heavy (non-hydrogen) atoms. The lowest BCUT2D eigenvalue weighted by Gasteiger charge is -2.35. The van der Waals surface area contributed by atoms with Gasteiger partial charge in [-0.25, -0.2) is 0 Å². The lowest BCUT2D eigenvalue weighted by Crippen LogP contribution is -2.50. The first kappa shape index (κ1) is 8.97. The highest BCUT2D eigenvalue weighted by Crippen LogP contribution is 2.49. The zero-order valence-electron chi connectivity index (χ0n) is 9.47. The van der Waals surface area contributed by atoms with E-state index < -0.39 is 0 Å². The Morgan fingerprint density at radius 3 is 3.06 bits per heavy atom. The molecule has 0 spiro atoms. The molecule has 2 bridgehead atoms. The van der Waals surface area contributed by atoms with E-state index in [2.05, 4.69) is 19.1 Å². The van der Waals surface area contributed by atoms with Crippen molar-refractivity contribution in [3.8, 4) is 0 Å². The molecule has 1 saturated carbocycles. The minimum atomic E-state index is 0.166. The summed E-state index contributed by atoms with van der Waals surface area (Å²) in [5.74, 6) is 2.61. The van der Waals surface area contributed by atoms with Gasteiger partial charge in [-0.3, -0.25) is 14.7 Å². The second kappa shape index (κ2) is 2.76. The predicted octanol–water partition coefficient (Wildman–Crippen LogP) is 1.60. The van der Waals surface area contributed by atoms with E-state index in [1.165, 1.54) is 0 Å². The van der Waals surface area contributed by atoms with Crippen molar-refractivity contribution in [3.63, 3.8) is 0 Å². The topological polar surface area (TPSA) is 32.7 Å². The zero-order chi connectivity index (χ0) is 10.9. The Bertz CT molecular complexity index is 426. The van der Waals surface area contributed by atoms with E-state index in [4.69, 9.17) is 4.99 Å². The molecular weight excluding hydrogens is 200 g/mol. The number of aliphatic imine (C=N–C) groups is 1. The Morgan fingerprint density at radius 2 is 2.19 bits per heavy atom. The molecule has 3 heteroatoms. The van der Waals surface area contributed by atoms with Crippen LogP contribution < -0.4 is 0 Å². The van der Waals surface area contributed by atoms with Crippen LogP contribution in [-0.2, 0) is 4.79 Å². The molecule has 3 nitrogen and oxygen atoms in total. The number of allylic oxidation sites excluding steroid dienone is 1. The normalized spacial score (nSPS) is 48.3. The van der Waals surface area contributed by atoms with Gasteiger partial charge in [-0.05, 0) is 25.7 Å². The Morgan fingerprint density at radius 1 is 1.38 bits per heavy atom. The second-order valence-corrected chi connectivity index (χ2v) is 5.61. The lowest BCUT2D eigenvalue weighted by molar-refractivity contribution is -0.134. The van der Waals surface area contributed by atoms with Gasteiger partial charge < -0.3 is 0 Å². The lowest BCUT2D eigenvalue weighted by atomic mass is 9.86. The molecule has 0 aromatic rings. The summed E-state index contributed by atoms with van der Waals surface area (Å²) in [6.07, 6.45) is 7.76. The number of amides is 1. The van der Waals surface area contributed by atoms with Gasteiger partial charge in [0.15, 0.2) is 0 Å². The minimum Gasteiger partial charge on any atom is -0.297 e. The van der Waals surface area contributed by atoms with E-state index in [1.807, 2.05) is 4.90 Å². The summed E-state index contributed by atoms with van der Waals surface area (Å²) < 4.78 is 0. The molecule has 84 valence electrons. The standard InChI is InChI=1S/C13H16N2O/c1-7-2-5-10-14-12-9-4-3-8(6-9)11(12)13(16)15(7)10/h3-4,7-9,11-12H,2,5-6H2,1H3/t7?,8-,9+,11+,12-/m0/s1. The van der Waals surface area contributed by atoms with Crippen LogP contribution in [-0.4, -0.2) is 28.7 Å². The molecule has 0 radical (unpaired) electrons. The summed E-state index contributed by atoms with van der Waals surface area (Å²) in [5.41, 5.74) is 0. The molecule has 2 fully saturated rings. The summed E-state index contributed by atoms with van der Waals surface area (Å²) in [5, 5.41) is 0. The molecule has 1 amide bonds. The quantitative estimate of drug-likeness (QED) is 0.566. The maximum absolute atomic E-state index is 12.5. The van der Waals surface area contributed by atoms with Crippen LogP contribution in [0.3, 0.4) is 0 Å². The van der Waals surface area contributed by atoms with Gasteiger partial charge in [0.05, 0.1) is 12.0 Å². The summed E-state index contributed by atoms with van der Waals surface area (Å²) in [7, 11) is 0. The minimum absolute atomic E-state index is 0.166. The maximum atomic E-state index is 12.5. The van der Waals surface area contributed by atoms with Gasteiger partial charge in [0.25, 0.3) is 0 Å². The van der Waals surface area contributed by atoms with Gasteiger partial charge in [-0.2, -0.15) is 0 Å². The molecular formula is C13H16N2O. The third-order valence-corrected chi connectivity index (χ3v) is 4.74. The van der Waals surface area contributed by atoms with Crippen LogP contribution in [0.4, 0.5) is 0 Å². The first-order chi connectivity index (χ1) is 7.75. The van der Waals surface area contributed by atoms with E-state index in [-0.39, 0.29) is 12.0 Å². The van der Waals surface area contributed by atoms with E-state index in [0.29, 0.717) is 23.8 Å². The average molecular weight is 216 g/mol. The number of amidine groups is 1. The van der Waals surface area contributed by atoms with Crippen molar-refractivity contribution >= 4 is 11.7 Å². The zero-order valence-corrected chi connectivity index (χ0v) is 9.47. The SMILES string of the molecule is CC1CCC2=N[C@@H]3[C@H](C(=O)N21)[C@H]1C=C[C@@H]3C1. The molecule has 0 aromatic heterocycles. The Kier molecular flexibility index (Phi) is 1.55. The van der Waals surface area contributed by atoms with Gasteiger partial charge in [-0.1, -0.05) is 12.2 Å². The number of hydrogen-bond donors (Lipinski definition) is 0. The number of nitrogens with zero attached hydrogens (tertiary/aromatic N) is 2. The number of carbonyl (C=O) groups is 1. The summed E-state index contributed by atoms with van der Waals surface area (Å²) in [6.45, 7) is 2.14. The largest absolute Gasteiger partial charge is 0.297 e. The van der Waals surface area contributed by atoms with Gasteiger partial charge >= 0.3 is 0 Å². The van der Waals surface area contributed by atoms with E-state index in [1.54, 1.807) is 0 Å². The third kappa shape index (κ3) is 0.902. The van der Waals surface area contributed by atoms with Crippen molar-refractivity contribution in [1.29, 1.82) is 0 Å². The van der Waals surface area contributed by atoms with Crippen molar-refractivity contribution < 1.29 is 4.79 Å². The maximum Gasteiger partial charge on any atom is 0.234 e. The molecule has 4 aliphatic rings. The average Bonchev–Trinajstić information content (AvgIpc) is 2.93. The van der Waals surface area contributed by atoms with E-state index in [9.17, 15) is 4.79 Å². The number of fused-ring (bicyclic) bond motifs is 6. The van der Waals surface area contributed by atoms with E-state index >= 15 is 0 Å². The van der Waals surface area contributed by atoms with Crippen LogP contribution in [0, 0.1) is 17.8 Å². The number of carbonyl (C=O) groups excluding carboxylic acids is 1. The van der Waals surface area contributed by atoms with Crippen LogP contribution in [0.25, 0.3) is 0 Å². The molecule has 4 rings (SSSR count). The summed E-state index contributed by atoms with van der Waals surface area (Å²) in [6, 6.07) is 0.648. The van der Waals surface area contributed by atoms with Crippen molar-refractivity contribution in [3.05, 3.63) is 12.2 Å². The first-order valence-electron chi connectivity index (χ1n) is 6.34. The van der Waals surface area contributed by atoms with Crippen molar-refractivity contribution in [2.45, 2.75) is 38.3 Å². The van der Waals surface area contributed by atoms with E-state index in [0.717, 1.165) is 25.1 Å². The van der Waals surface area contributed by atoms with Crippen molar-refractivity contribution in [2.75, 3.05) is 0 Å². The molecule has 2 aliphatic carbocycles. The predicted molar refractivity (Wildman–Crippen MR) is 61.0 cm³/mol. The fraction of sp³-hybridized carbons (Fsp3) is 0.692. The molecule has 2 heterocycles. The number of rotatable bonds is 0. The highest BCUT2D eigenvalue weighted by atomic mass is 16.2. The molecule has 2 aliphatic heterocycles. The Hall–Kier alpha value is -1.12. The molecule has 1 unspecified atom stereocenters. The van der Waals surface area contributed by atoms with Crippen molar-refractivity contribution in [2.24, 2.45) is 22.7 Å². The highest BCUT2D eigenvalue weighted by Gasteiger charge is 2.53. The molecule has 0 aromatic carbocycles. The van der Waals surface area contributed by atoms with Crippen molar-refractivity contribution in [1.82, 2.24) is 4.90 Å². The molecule has 1 saturated heterocycles. The first-order valence-corrected chi connectivity index (χ1v) is 6.34. The molecule has 5 atom stereocenters. The second-order valence-electron chi connectivity index (χ2n) is 5.61. The van der Waals surface area contributed by atoms with Crippen LogP contribution in [0.1, 0.15) is 26.2 Å². The van der Waals surface area contributed by atoms with Gasteiger partial charge in [0.1, 0.15) is 5.84 Å².